The standard InChI is InChI=1S/C14H15F3N2O3/c15-14(16,17)10-3-4-11(12(5-10)19(21)22)18-6-8-1-2-9(7-18)13(8)20/h3-5,8-9,13,20H,1-2,6-7H2. The molecule has 0 radical (unpaired) electrons. The number of piperidine rings is 1. The number of hydrogen-bond donors (Lipinski definition) is 1. The van der Waals surface area contributed by atoms with Crippen molar-refractivity contribution in [3.63, 3.8) is 0 Å². The summed E-state index contributed by atoms with van der Waals surface area (Å²) in [6.45, 7) is 0.869. The highest BCUT2D eigenvalue weighted by molar-refractivity contribution is 5.65. The summed E-state index contributed by atoms with van der Waals surface area (Å²) in [6.07, 6.45) is -3.33. The summed E-state index contributed by atoms with van der Waals surface area (Å²) in [6, 6.07) is 2.62. The summed E-state index contributed by atoms with van der Waals surface area (Å²) in [4.78, 5) is 12.1. The molecular formula is C14H15F3N2O3. The zero-order valence-corrected chi connectivity index (χ0v) is 11.6. The number of anilines is 1. The molecule has 120 valence electrons. The monoisotopic (exact) mass is 316 g/mol. The van der Waals surface area contributed by atoms with E-state index < -0.39 is 28.5 Å². The fraction of sp³-hybridized carbons (Fsp3) is 0.571. The molecule has 0 spiro atoms. The van der Waals surface area contributed by atoms with Gasteiger partial charge in [0.1, 0.15) is 5.69 Å². The first kappa shape index (κ1) is 15.1. The van der Waals surface area contributed by atoms with Gasteiger partial charge in [0.25, 0.3) is 5.69 Å². The number of hydrogen-bond acceptors (Lipinski definition) is 4. The van der Waals surface area contributed by atoms with Gasteiger partial charge in [-0.25, -0.2) is 0 Å². The Bertz CT molecular complexity index is 591. The third kappa shape index (κ3) is 2.51. The topological polar surface area (TPSA) is 66.6 Å². The summed E-state index contributed by atoms with van der Waals surface area (Å²) in [5.41, 5.74) is -1.37. The maximum absolute atomic E-state index is 12.7. The molecule has 1 heterocycles. The van der Waals surface area contributed by atoms with E-state index in [-0.39, 0.29) is 17.5 Å². The number of fused-ring (bicyclic) bond motifs is 2. The van der Waals surface area contributed by atoms with E-state index in [1.54, 1.807) is 4.90 Å². The Hall–Kier alpha value is -1.83. The Balaban J connectivity index is 1.95. The minimum absolute atomic E-state index is 0.0284. The van der Waals surface area contributed by atoms with Crippen molar-refractivity contribution in [1.82, 2.24) is 0 Å². The van der Waals surface area contributed by atoms with Crippen LogP contribution >= 0.6 is 0 Å². The molecule has 3 rings (SSSR count). The minimum Gasteiger partial charge on any atom is -0.392 e. The molecule has 5 nitrogen and oxygen atoms in total. The third-order valence-electron chi connectivity index (χ3n) is 4.62. The van der Waals surface area contributed by atoms with Gasteiger partial charge in [0, 0.05) is 31.0 Å². The van der Waals surface area contributed by atoms with E-state index in [0.29, 0.717) is 19.2 Å². The number of alkyl halides is 3. The number of nitro benzene ring substituents is 1. The summed E-state index contributed by atoms with van der Waals surface area (Å²) >= 11 is 0. The molecule has 1 aromatic carbocycles. The molecule has 2 aliphatic rings. The highest BCUT2D eigenvalue weighted by Gasteiger charge is 2.42. The van der Waals surface area contributed by atoms with Crippen molar-refractivity contribution in [3.05, 3.63) is 33.9 Å². The first-order valence-electron chi connectivity index (χ1n) is 7.06. The van der Waals surface area contributed by atoms with Crippen LogP contribution in [0.2, 0.25) is 0 Å². The van der Waals surface area contributed by atoms with Crippen molar-refractivity contribution in [2.24, 2.45) is 11.8 Å². The van der Waals surface area contributed by atoms with Crippen LogP contribution in [0, 0.1) is 22.0 Å². The Labute approximate surface area is 124 Å². The lowest BCUT2D eigenvalue weighted by atomic mass is 9.94. The molecule has 1 saturated heterocycles. The number of aliphatic hydroxyl groups excluding tert-OH is 1. The van der Waals surface area contributed by atoms with Crippen LogP contribution in [0.4, 0.5) is 24.5 Å². The molecule has 2 unspecified atom stereocenters. The molecule has 0 aromatic heterocycles. The normalized spacial score (nSPS) is 28.0. The molecule has 2 bridgehead atoms. The second kappa shape index (κ2) is 5.12. The molecular weight excluding hydrogens is 301 g/mol. The van der Waals surface area contributed by atoms with Crippen molar-refractivity contribution in [2.45, 2.75) is 25.1 Å². The van der Waals surface area contributed by atoms with E-state index in [1.165, 1.54) is 0 Å². The van der Waals surface area contributed by atoms with Gasteiger partial charge in [-0.05, 0) is 25.0 Å². The van der Waals surface area contributed by atoms with E-state index in [0.717, 1.165) is 25.0 Å². The Morgan fingerprint density at radius 1 is 1.23 bits per heavy atom. The average molecular weight is 316 g/mol. The quantitative estimate of drug-likeness (QED) is 0.673. The average Bonchev–Trinajstić information content (AvgIpc) is 2.67. The maximum Gasteiger partial charge on any atom is 0.416 e. The van der Waals surface area contributed by atoms with Crippen LogP contribution in [-0.4, -0.2) is 29.2 Å². The molecule has 0 amide bonds. The first-order valence-corrected chi connectivity index (χ1v) is 7.06. The lowest BCUT2D eigenvalue weighted by Crippen LogP contribution is -2.45. The lowest BCUT2D eigenvalue weighted by Gasteiger charge is -2.36. The smallest absolute Gasteiger partial charge is 0.392 e. The fourth-order valence-corrected chi connectivity index (χ4v) is 3.50. The number of halogens is 3. The lowest BCUT2D eigenvalue weighted by molar-refractivity contribution is -0.384. The van der Waals surface area contributed by atoms with Crippen molar-refractivity contribution in [2.75, 3.05) is 18.0 Å². The summed E-state index contributed by atoms with van der Waals surface area (Å²) in [5, 5.41) is 21.1. The predicted octanol–water partition coefficient (Wildman–Crippen LogP) is 2.82. The Morgan fingerprint density at radius 3 is 2.32 bits per heavy atom. The second-order valence-corrected chi connectivity index (χ2v) is 5.95. The number of nitrogens with zero attached hydrogens (tertiary/aromatic N) is 2. The number of rotatable bonds is 2. The molecule has 2 atom stereocenters. The van der Waals surface area contributed by atoms with E-state index in [4.69, 9.17) is 0 Å². The van der Waals surface area contributed by atoms with Gasteiger partial charge in [0.05, 0.1) is 16.6 Å². The largest absolute Gasteiger partial charge is 0.416 e. The fourth-order valence-electron chi connectivity index (χ4n) is 3.50. The van der Waals surface area contributed by atoms with Gasteiger partial charge in [0.15, 0.2) is 0 Å². The van der Waals surface area contributed by atoms with Gasteiger partial charge in [-0.3, -0.25) is 10.1 Å². The van der Waals surface area contributed by atoms with Crippen LogP contribution in [0.25, 0.3) is 0 Å². The molecule has 1 aliphatic carbocycles. The molecule has 1 aliphatic heterocycles. The highest BCUT2D eigenvalue weighted by Crippen LogP contribution is 2.42. The number of aliphatic hydroxyl groups is 1. The number of benzene rings is 1. The van der Waals surface area contributed by atoms with Crippen LogP contribution in [0.15, 0.2) is 18.2 Å². The van der Waals surface area contributed by atoms with E-state index in [9.17, 15) is 28.4 Å². The summed E-state index contributed by atoms with van der Waals surface area (Å²) in [5.74, 6) is 0.0568. The van der Waals surface area contributed by atoms with E-state index in [2.05, 4.69) is 0 Å². The minimum atomic E-state index is -4.61. The number of nitro groups is 1. The van der Waals surface area contributed by atoms with Crippen molar-refractivity contribution < 1.29 is 23.2 Å². The van der Waals surface area contributed by atoms with Crippen LogP contribution in [-0.2, 0) is 6.18 Å². The van der Waals surface area contributed by atoms with Crippen LogP contribution in [0.5, 0.6) is 0 Å². The molecule has 8 heteroatoms. The van der Waals surface area contributed by atoms with Crippen molar-refractivity contribution in [3.8, 4) is 0 Å². The molecule has 1 aromatic rings. The van der Waals surface area contributed by atoms with E-state index in [1.807, 2.05) is 0 Å². The molecule has 2 fully saturated rings. The summed E-state index contributed by atoms with van der Waals surface area (Å²) < 4.78 is 38.2. The van der Waals surface area contributed by atoms with Crippen LogP contribution < -0.4 is 4.90 Å². The first-order chi connectivity index (χ1) is 10.3. The molecule has 22 heavy (non-hydrogen) atoms. The van der Waals surface area contributed by atoms with E-state index >= 15 is 0 Å². The zero-order valence-electron chi connectivity index (χ0n) is 11.6. The van der Waals surface area contributed by atoms with Gasteiger partial charge < -0.3 is 10.0 Å². The summed E-state index contributed by atoms with van der Waals surface area (Å²) in [7, 11) is 0. The van der Waals surface area contributed by atoms with Crippen LogP contribution in [0.3, 0.4) is 0 Å². The molecule has 1 saturated carbocycles. The van der Waals surface area contributed by atoms with Gasteiger partial charge in [0.2, 0.25) is 0 Å². The van der Waals surface area contributed by atoms with Gasteiger partial charge in [-0.1, -0.05) is 0 Å². The maximum atomic E-state index is 12.7. The Morgan fingerprint density at radius 2 is 1.82 bits per heavy atom. The van der Waals surface area contributed by atoms with Gasteiger partial charge in [-0.15, -0.1) is 0 Å². The van der Waals surface area contributed by atoms with Gasteiger partial charge in [-0.2, -0.15) is 13.2 Å². The zero-order chi connectivity index (χ0) is 16.1. The van der Waals surface area contributed by atoms with Crippen molar-refractivity contribution in [1.29, 1.82) is 0 Å². The van der Waals surface area contributed by atoms with Gasteiger partial charge >= 0.3 is 6.18 Å². The molecule has 1 N–H and O–H groups in total. The van der Waals surface area contributed by atoms with Crippen LogP contribution in [0.1, 0.15) is 18.4 Å². The third-order valence-corrected chi connectivity index (χ3v) is 4.62. The van der Waals surface area contributed by atoms with Crippen molar-refractivity contribution >= 4 is 11.4 Å². The second-order valence-electron chi connectivity index (χ2n) is 5.95. The predicted molar refractivity (Wildman–Crippen MR) is 72.5 cm³/mol. The highest BCUT2D eigenvalue weighted by atomic mass is 19.4. The Kier molecular flexibility index (Phi) is 3.51. The SMILES string of the molecule is O=[N+]([O-])c1cc(C(F)(F)F)ccc1N1CC2CCC(C1)C2O.